The molecule has 0 aliphatic carbocycles. The van der Waals surface area contributed by atoms with Gasteiger partial charge in [-0.15, -0.1) is 0 Å². The summed E-state index contributed by atoms with van der Waals surface area (Å²) >= 11 is 3.40. The fourth-order valence-corrected chi connectivity index (χ4v) is 2.69. The van der Waals surface area contributed by atoms with Crippen molar-refractivity contribution in [2.45, 2.75) is 33.8 Å². The molecule has 0 radical (unpaired) electrons. The molecule has 0 aliphatic rings. The van der Waals surface area contributed by atoms with Crippen molar-refractivity contribution in [1.29, 1.82) is 0 Å². The number of hydrogen-bond acceptors (Lipinski definition) is 4. The van der Waals surface area contributed by atoms with Crippen molar-refractivity contribution >= 4 is 21.7 Å². The summed E-state index contributed by atoms with van der Waals surface area (Å²) in [6, 6.07) is 1.94. The van der Waals surface area contributed by atoms with Gasteiger partial charge in [0.25, 0.3) is 0 Å². The minimum absolute atomic E-state index is 0.0221. The standard InChI is InChI=1S/C15H26BrN3O/c1-4-18(5-2)8-7-9-19(6-3)15-13(12-20)10-14(16)11-17-15/h10-11,20H,4-9,12H2,1-3H3. The molecule has 0 saturated heterocycles. The molecule has 5 heteroatoms. The number of halogens is 1. The molecular formula is C15H26BrN3O. The summed E-state index contributed by atoms with van der Waals surface area (Å²) in [6.45, 7) is 11.7. The Morgan fingerprint density at radius 1 is 1.15 bits per heavy atom. The van der Waals surface area contributed by atoms with Gasteiger partial charge in [0.15, 0.2) is 0 Å². The molecule has 0 aliphatic heterocycles. The van der Waals surface area contributed by atoms with E-state index in [9.17, 15) is 5.11 Å². The highest BCUT2D eigenvalue weighted by Gasteiger charge is 2.11. The van der Waals surface area contributed by atoms with Gasteiger partial charge in [-0.2, -0.15) is 0 Å². The van der Waals surface area contributed by atoms with Crippen LogP contribution in [0.5, 0.6) is 0 Å². The summed E-state index contributed by atoms with van der Waals surface area (Å²) in [4.78, 5) is 9.13. The lowest BCUT2D eigenvalue weighted by molar-refractivity contribution is 0.281. The predicted molar refractivity (Wildman–Crippen MR) is 88.2 cm³/mol. The van der Waals surface area contributed by atoms with Gasteiger partial charge in [-0.1, -0.05) is 13.8 Å². The minimum Gasteiger partial charge on any atom is -0.392 e. The number of aliphatic hydroxyl groups excluding tert-OH is 1. The highest BCUT2D eigenvalue weighted by molar-refractivity contribution is 9.10. The lowest BCUT2D eigenvalue weighted by Gasteiger charge is -2.26. The maximum absolute atomic E-state index is 9.48. The Morgan fingerprint density at radius 2 is 1.85 bits per heavy atom. The molecule has 1 aromatic rings. The van der Waals surface area contributed by atoms with Gasteiger partial charge >= 0.3 is 0 Å². The van der Waals surface area contributed by atoms with Crippen molar-refractivity contribution in [3.8, 4) is 0 Å². The molecule has 0 atom stereocenters. The van der Waals surface area contributed by atoms with E-state index in [1.807, 2.05) is 6.07 Å². The summed E-state index contributed by atoms with van der Waals surface area (Å²) in [7, 11) is 0. The van der Waals surface area contributed by atoms with Crippen molar-refractivity contribution in [2.24, 2.45) is 0 Å². The van der Waals surface area contributed by atoms with E-state index in [4.69, 9.17) is 0 Å². The molecule has 0 saturated carbocycles. The number of nitrogens with zero attached hydrogens (tertiary/aromatic N) is 3. The van der Waals surface area contributed by atoms with Crippen LogP contribution in [0.2, 0.25) is 0 Å². The van der Waals surface area contributed by atoms with Crippen LogP contribution in [-0.4, -0.2) is 47.7 Å². The van der Waals surface area contributed by atoms with Crippen molar-refractivity contribution in [3.63, 3.8) is 0 Å². The molecule has 1 N–H and O–H groups in total. The summed E-state index contributed by atoms with van der Waals surface area (Å²) in [6.07, 6.45) is 2.90. The number of aliphatic hydroxyl groups is 1. The molecule has 0 bridgehead atoms. The van der Waals surface area contributed by atoms with E-state index < -0.39 is 0 Å². The van der Waals surface area contributed by atoms with Gasteiger partial charge in [-0.3, -0.25) is 0 Å². The quantitative estimate of drug-likeness (QED) is 0.748. The molecule has 1 heterocycles. The minimum atomic E-state index is 0.0221. The highest BCUT2D eigenvalue weighted by Crippen LogP contribution is 2.21. The number of aromatic nitrogens is 1. The second-order valence-electron chi connectivity index (χ2n) is 4.75. The summed E-state index contributed by atoms with van der Waals surface area (Å²) in [5, 5.41) is 9.48. The number of pyridine rings is 1. The molecule has 1 aromatic heterocycles. The van der Waals surface area contributed by atoms with Crippen LogP contribution in [0.3, 0.4) is 0 Å². The van der Waals surface area contributed by atoms with E-state index in [0.717, 1.165) is 55.0 Å². The van der Waals surface area contributed by atoms with Crippen molar-refractivity contribution in [3.05, 3.63) is 22.3 Å². The predicted octanol–water partition coefficient (Wildman–Crippen LogP) is 2.89. The molecule has 0 unspecified atom stereocenters. The lowest BCUT2D eigenvalue weighted by Crippen LogP contribution is -2.31. The maximum Gasteiger partial charge on any atom is 0.134 e. The van der Waals surface area contributed by atoms with Gasteiger partial charge in [0.1, 0.15) is 5.82 Å². The van der Waals surface area contributed by atoms with Gasteiger partial charge < -0.3 is 14.9 Å². The molecule has 0 spiro atoms. The van der Waals surface area contributed by atoms with Crippen LogP contribution < -0.4 is 4.90 Å². The number of anilines is 1. The van der Waals surface area contributed by atoms with Crippen LogP contribution in [0.15, 0.2) is 16.7 Å². The van der Waals surface area contributed by atoms with Crippen molar-refractivity contribution in [2.75, 3.05) is 37.6 Å². The topological polar surface area (TPSA) is 39.6 Å². The molecule has 0 fully saturated rings. The largest absolute Gasteiger partial charge is 0.392 e. The van der Waals surface area contributed by atoms with Crippen LogP contribution in [-0.2, 0) is 6.61 Å². The molecule has 20 heavy (non-hydrogen) atoms. The Kier molecular flexibility index (Phi) is 8.11. The van der Waals surface area contributed by atoms with E-state index in [0.29, 0.717) is 0 Å². The van der Waals surface area contributed by atoms with Gasteiger partial charge in [0.05, 0.1) is 6.61 Å². The van der Waals surface area contributed by atoms with E-state index >= 15 is 0 Å². The van der Waals surface area contributed by atoms with Crippen molar-refractivity contribution < 1.29 is 5.11 Å². The SMILES string of the molecule is CCN(CC)CCCN(CC)c1ncc(Br)cc1CO. The third kappa shape index (κ3) is 5.04. The highest BCUT2D eigenvalue weighted by atomic mass is 79.9. The Morgan fingerprint density at radius 3 is 2.40 bits per heavy atom. The summed E-state index contributed by atoms with van der Waals surface area (Å²) < 4.78 is 0.907. The second kappa shape index (κ2) is 9.32. The average molecular weight is 344 g/mol. The van der Waals surface area contributed by atoms with Crippen LogP contribution in [0.1, 0.15) is 32.8 Å². The molecule has 4 nitrogen and oxygen atoms in total. The van der Waals surface area contributed by atoms with Crippen LogP contribution in [0.4, 0.5) is 5.82 Å². The molecule has 0 aromatic carbocycles. The first-order valence-corrected chi connectivity index (χ1v) is 8.18. The van der Waals surface area contributed by atoms with E-state index in [2.05, 4.69) is 51.5 Å². The summed E-state index contributed by atoms with van der Waals surface area (Å²) in [5.74, 6) is 0.901. The first-order valence-electron chi connectivity index (χ1n) is 7.38. The second-order valence-corrected chi connectivity index (χ2v) is 5.67. The van der Waals surface area contributed by atoms with E-state index in [-0.39, 0.29) is 6.61 Å². The van der Waals surface area contributed by atoms with E-state index in [1.54, 1.807) is 6.20 Å². The van der Waals surface area contributed by atoms with Gasteiger partial charge in [0.2, 0.25) is 0 Å². The Hall–Kier alpha value is -0.650. The summed E-state index contributed by atoms with van der Waals surface area (Å²) in [5.41, 5.74) is 0.879. The zero-order chi connectivity index (χ0) is 15.0. The van der Waals surface area contributed by atoms with Crippen LogP contribution in [0.25, 0.3) is 0 Å². The smallest absolute Gasteiger partial charge is 0.134 e. The molecule has 0 amide bonds. The van der Waals surface area contributed by atoms with Gasteiger partial charge in [0, 0.05) is 29.3 Å². The molecule has 114 valence electrons. The third-order valence-corrected chi connectivity index (χ3v) is 3.99. The molecular weight excluding hydrogens is 318 g/mol. The fourth-order valence-electron chi connectivity index (χ4n) is 2.31. The third-order valence-electron chi connectivity index (χ3n) is 3.56. The van der Waals surface area contributed by atoms with Crippen LogP contribution >= 0.6 is 15.9 Å². The first-order chi connectivity index (χ1) is 9.65. The van der Waals surface area contributed by atoms with Gasteiger partial charge in [-0.05, 0) is 55.0 Å². The zero-order valence-electron chi connectivity index (χ0n) is 12.8. The Labute approximate surface area is 130 Å². The molecule has 1 rings (SSSR count). The zero-order valence-corrected chi connectivity index (χ0v) is 14.4. The van der Waals surface area contributed by atoms with E-state index in [1.165, 1.54) is 0 Å². The monoisotopic (exact) mass is 343 g/mol. The van der Waals surface area contributed by atoms with Gasteiger partial charge in [-0.25, -0.2) is 4.98 Å². The van der Waals surface area contributed by atoms with Crippen LogP contribution in [0, 0.1) is 0 Å². The van der Waals surface area contributed by atoms with Crippen molar-refractivity contribution in [1.82, 2.24) is 9.88 Å². The lowest BCUT2D eigenvalue weighted by atomic mass is 10.2. The number of rotatable bonds is 9. The fraction of sp³-hybridized carbons (Fsp3) is 0.667. The Balaban J connectivity index is 2.66. The average Bonchev–Trinajstić information content (AvgIpc) is 2.48. The Bertz CT molecular complexity index is 397. The maximum atomic E-state index is 9.48. The first kappa shape index (κ1) is 17.4. The normalized spacial score (nSPS) is 11.1. The number of hydrogen-bond donors (Lipinski definition) is 1.